The summed E-state index contributed by atoms with van der Waals surface area (Å²) in [4.78, 5) is 52.0. The molecule has 0 aliphatic carbocycles. The third kappa shape index (κ3) is 8.12. The van der Waals surface area contributed by atoms with E-state index < -0.39 is 34.8 Å². The molecule has 2 N–H and O–H groups in total. The number of nitrogens with one attached hydrogen (secondary N) is 2. The van der Waals surface area contributed by atoms with Gasteiger partial charge in [0.15, 0.2) is 22.5 Å². The van der Waals surface area contributed by atoms with Crippen molar-refractivity contribution >= 4 is 51.9 Å². The van der Waals surface area contributed by atoms with Crippen molar-refractivity contribution in [3.05, 3.63) is 75.7 Å². The summed E-state index contributed by atoms with van der Waals surface area (Å²) in [5.74, 6) is -1.52. The van der Waals surface area contributed by atoms with Crippen molar-refractivity contribution in [1.29, 1.82) is 0 Å². The lowest BCUT2D eigenvalue weighted by molar-refractivity contribution is -0.115. The Balaban J connectivity index is 1.58. The number of thiophene rings is 1. The van der Waals surface area contributed by atoms with Gasteiger partial charge in [-0.15, -0.1) is 21.5 Å². The van der Waals surface area contributed by atoms with Crippen molar-refractivity contribution in [2.75, 3.05) is 32.8 Å². The summed E-state index contributed by atoms with van der Waals surface area (Å²) < 4.78 is 36.2. The molecule has 4 aromatic rings. The van der Waals surface area contributed by atoms with E-state index in [2.05, 4.69) is 20.8 Å². The third-order valence-corrected chi connectivity index (χ3v) is 9.04. The fourth-order valence-electron chi connectivity index (χ4n) is 4.45. The lowest BCUT2D eigenvalue weighted by atomic mass is 10.1. The van der Waals surface area contributed by atoms with Gasteiger partial charge >= 0.3 is 11.9 Å². The molecule has 0 aliphatic heterocycles. The van der Waals surface area contributed by atoms with E-state index >= 15 is 0 Å². The van der Waals surface area contributed by atoms with E-state index in [4.69, 9.17) is 18.9 Å². The number of esters is 2. The number of hydrogen-bond donors (Lipinski definition) is 2. The van der Waals surface area contributed by atoms with E-state index in [1.807, 2.05) is 0 Å². The van der Waals surface area contributed by atoms with Crippen LogP contribution in [0.4, 0.5) is 9.39 Å². The van der Waals surface area contributed by atoms with Gasteiger partial charge in [0, 0.05) is 11.3 Å². The van der Waals surface area contributed by atoms with Gasteiger partial charge in [0.25, 0.3) is 5.91 Å². The van der Waals surface area contributed by atoms with Gasteiger partial charge in [-0.2, -0.15) is 0 Å². The fourth-order valence-corrected chi connectivity index (χ4v) is 6.42. The van der Waals surface area contributed by atoms with Crippen LogP contribution < -0.4 is 20.1 Å². The average molecular weight is 700 g/mol. The number of amides is 2. The predicted octanol–water partition coefficient (Wildman–Crippen LogP) is 5.20. The number of aromatic nitrogens is 3. The van der Waals surface area contributed by atoms with E-state index in [0.29, 0.717) is 34.1 Å². The zero-order valence-corrected chi connectivity index (χ0v) is 28.7. The van der Waals surface area contributed by atoms with Crippen molar-refractivity contribution in [2.24, 2.45) is 0 Å². The Kier molecular flexibility index (Phi) is 12.1. The molecule has 2 amide bonds. The first-order valence-corrected chi connectivity index (χ1v) is 16.4. The minimum Gasteiger partial charge on any atom is -0.493 e. The largest absolute Gasteiger partial charge is 0.493 e. The van der Waals surface area contributed by atoms with Crippen molar-refractivity contribution < 1.29 is 42.5 Å². The predicted molar refractivity (Wildman–Crippen MR) is 177 cm³/mol. The number of hydrogen-bond acceptors (Lipinski definition) is 12. The van der Waals surface area contributed by atoms with E-state index in [1.165, 1.54) is 38.5 Å². The fraction of sp³-hybridized carbons (Fsp3) is 0.312. The summed E-state index contributed by atoms with van der Waals surface area (Å²) in [6.07, 6.45) is 0. The Morgan fingerprint density at radius 3 is 2.27 bits per heavy atom. The minimum atomic E-state index is -0.800. The Labute approximate surface area is 284 Å². The van der Waals surface area contributed by atoms with Gasteiger partial charge in [-0.3, -0.25) is 14.2 Å². The molecule has 0 spiro atoms. The molecule has 2 aromatic carbocycles. The molecule has 0 bridgehead atoms. The smallest absolute Gasteiger partial charge is 0.348 e. The van der Waals surface area contributed by atoms with Crippen LogP contribution in [-0.2, 0) is 20.8 Å². The van der Waals surface area contributed by atoms with Gasteiger partial charge in [-0.05, 0) is 75.7 Å². The summed E-state index contributed by atoms with van der Waals surface area (Å²) in [5, 5.41) is 13.7. The Bertz CT molecular complexity index is 1810. The molecule has 2 aromatic heterocycles. The molecular formula is C32H34FN5O8S2. The highest BCUT2D eigenvalue weighted by Crippen LogP contribution is 2.35. The number of halogens is 1. The number of benzene rings is 2. The third-order valence-electron chi connectivity index (χ3n) is 6.81. The van der Waals surface area contributed by atoms with E-state index in [-0.39, 0.29) is 40.4 Å². The van der Waals surface area contributed by atoms with E-state index in [0.717, 1.165) is 23.1 Å². The second-order valence-electron chi connectivity index (χ2n) is 9.91. The van der Waals surface area contributed by atoms with Gasteiger partial charge in [0.05, 0.1) is 44.8 Å². The second-order valence-corrected chi connectivity index (χ2v) is 12.2. The summed E-state index contributed by atoms with van der Waals surface area (Å²) in [5.41, 5.74) is 1.21. The number of ether oxygens (including phenoxy) is 4. The molecule has 0 radical (unpaired) electrons. The Hall–Kier alpha value is -4.96. The van der Waals surface area contributed by atoms with Crippen LogP contribution in [0.1, 0.15) is 62.5 Å². The molecule has 13 nitrogen and oxygen atoms in total. The summed E-state index contributed by atoms with van der Waals surface area (Å²) >= 11 is 1.96. The highest BCUT2D eigenvalue weighted by Gasteiger charge is 2.29. The molecule has 0 fully saturated rings. The normalized spacial score (nSPS) is 11.4. The van der Waals surface area contributed by atoms with Crippen LogP contribution in [0.15, 0.2) is 47.6 Å². The first-order valence-electron chi connectivity index (χ1n) is 14.7. The zero-order chi connectivity index (χ0) is 35.0. The van der Waals surface area contributed by atoms with Crippen LogP contribution in [0, 0.1) is 12.7 Å². The number of methoxy groups -OCH3 is 2. The maximum atomic E-state index is 13.8. The minimum absolute atomic E-state index is 0.0628. The van der Waals surface area contributed by atoms with Crippen LogP contribution in [0.2, 0.25) is 0 Å². The highest BCUT2D eigenvalue weighted by molar-refractivity contribution is 8.00. The van der Waals surface area contributed by atoms with Crippen molar-refractivity contribution in [2.45, 2.75) is 44.6 Å². The standard InChI is InChI=1S/C32H34FN5O8S2/c1-7-45-30(41)25-17(3)26(31(42)46-8-2)48-29(25)35-27(39)18(4)47-32-37-36-24(38(32)21-12-10-20(33)11-13-21)16-34-28(40)19-9-14-22(43-5)23(15-19)44-6/h9-15,18H,7-8,16H2,1-6H3,(H,34,40)(H,35,39)/t18-/m0/s1. The molecule has 4 rings (SSSR count). The average Bonchev–Trinajstić information content (AvgIpc) is 3.63. The number of rotatable bonds is 14. The van der Waals surface area contributed by atoms with E-state index in [1.54, 1.807) is 50.5 Å². The van der Waals surface area contributed by atoms with Gasteiger partial charge in [-0.25, -0.2) is 14.0 Å². The topological polar surface area (TPSA) is 160 Å². The quantitative estimate of drug-likeness (QED) is 0.132. The summed E-state index contributed by atoms with van der Waals surface area (Å²) in [7, 11) is 2.96. The van der Waals surface area contributed by atoms with Crippen LogP contribution >= 0.6 is 23.1 Å². The maximum Gasteiger partial charge on any atom is 0.348 e. The lowest BCUT2D eigenvalue weighted by Crippen LogP contribution is -2.25. The first kappa shape index (κ1) is 35.9. The van der Waals surface area contributed by atoms with Crippen LogP contribution in [0.3, 0.4) is 0 Å². The molecule has 48 heavy (non-hydrogen) atoms. The first-order chi connectivity index (χ1) is 23.0. The highest BCUT2D eigenvalue weighted by atomic mass is 32.2. The van der Waals surface area contributed by atoms with Gasteiger partial charge in [0.1, 0.15) is 15.7 Å². The molecule has 0 saturated heterocycles. The molecule has 254 valence electrons. The van der Waals surface area contributed by atoms with Crippen molar-refractivity contribution in [1.82, 2.24) is 20.1 Å². The molecular weight excluding hydrogens is 666 g/mol. The lowest BCUT2D eigenvalue weighted by Gasteiger charge is -2.14. The van der Waals surface area contributed by atoms with Crippen molar-refractivity contribution in [3.63, 3.8) is 0 Å². The number of carbonyl (C=O) groups is 4. The Morgan fingerprint density at radius 2 is 1.62 bits per heavy atom. The molecule has 16 heteroatoms. The van der Waals surface area contributed by atoms with Gasteiger partial charge in [-0.1, -0.05) is 11.8 Å². The van der Waals surface area contributed by atoms with Crippen molar-refractivity contribution in [3.8, 4) is 17.2 Å². The number of carbonyl (C=O) groups excluding carboxylic acids is 4. The summed E-state index contributed by atoms with van der Waals surface area (Å²) in [6, 6.07) is 10.3. The Morgan fingerprint density at radius 1 is 0.958 bits per heavy atom. The van der Waals surface area contributed by atoms with Crippen LogP contribution in [0.25, 0.3) is 5.69 Å². The number of anilines is 1. The second kappa shape index (κ2) is 16.2. The molecule has 0 aliphatic rings. The maximum absolute atomic E-state index is 13.8. The van der Waals surface area contributed by atoms with Gasteiger partial charge < -0.3 is 29.6 Å². The van der Waals surface area contributed by atoms with Crippen LogP contribution in [-0.4, -0.2) is 71.2 Å². The molecule has 2 heterocycles. The number of thioether (sulfide) groups is 1. The molecule has 0 saturated carbocycles. The monoisotopic (exact) mass is 699 g/mol. The van der Waals surface area contributed by atoms with E-state index in [9.17, 15) is 23.6 Å². The SMILES string of the molecule is CCOC(=O)c1sc(NC(=O)[C@H](C)Sc2nnc(CNC(=O)c3ccc(OC)c(OC)c3)n2-c2ccc(F)cc2)c(C(=O)OCC)c1C. The van der Waals surface area contributed by atoms with Crippen LogP contribution in [0.5, 0.6) is 11.5 Å². The molecule has 1 atom stereocenters. The molecule has 0 unspecified atom stereocenters. The summed E-state index contributed by atoms with van der Waals surface area (Å²) in [6.45, 7) is 6.69. The zero-order valence-electron chi connectivity index (χ0n) is 27.0. The number of nitrogens with zero attached hydrogens (tertiary/aromatic N) is 3. The van der Waals surface area contributed by atoms with Gasteiger partial charge in [0.2, 0.25) is 5.91 Å².